The van der Waals surface area contributed by atoms with Gasteiger partial charge in [-0.05, 0) is 60.0 Å². The van der Waals surface area contributed by atoms with Crippen LogP contribution in [-0.2, 0) is 19.4 Å². The fraction of sp³-hybridized carbons (Fsp3) is 0.333. The van der Waals surface area contributed by atoms with Crippen LogP contribution in [-0.4, -0.2) is 59.8 Å². The average molecular weight is 545 g/mol. The Kier molecular flexibility index (Phi) is 6.66. The average Bonchev–Trinajstić information content (AvgIpc) is 3.50. The van der Waals surface area contributed by atoms with Crippen LogP contribution in [0.1, 0.15) is 48.6 Å². The van der Waals surface area contributed by atoms with Crippen molar-refractivity contribution >= 4 is 52.4 Å². The fourth-order valence-corrected chi connectivity index (χ4v) is 5.57. The van der Waals surface area contributed by atoms with Gasteiger partial charge in [0.25, 0.3) is 0 Å². The second-order valence-electron chi connectivity index (χ2n) is 10.6. The van der Waals surface area contributed by atoms with Crippen molar-refractivity contribution in [2.24, 2.45) is 0 Å². The number of nitrogens with zero attached hydrogens (tertiary/aromatic N) is 6. The molecule has 1 aliphatic rings. The predicted octanol–water partition coefficient (Wildman–Crippen LogP) is 3.06. The lowest BCUT2D eigenvalue weighted by molar-refractivity contribution is 0.425. The van der Waals surface area contributed by atoms with Gasteiger partial charge in [-0.1, -0.05) is 26.0 Å². The number of benzene rings is 1. The number of aromatic nitrogens is 6. The van der Waals surface area contributed by atoms with Crippen molar-refractivity contribution in [2.75, 3.05) is 17.3 Å². The molecule has 6 rings (SSSR count). The Bertz CT molecular complexity index is 1670. The van der Waals surface area contributed by atoms with Crippen LogP contribution >= 0.6 is 11.6 Å². The van der Waals surface area contributed by atoms with E-state index in [1.54, 1.807) is 16.8 Å². The molecular weight excluding hydrogens is 515 g/mol. The van der Waals surface area contributed by atoms with Crippen LogP contribution in [0.15, 0.2) is 42.9 Å². The van der Waals surface area contributed by atoms with E-state index in [0.29, 0.717) is 18.0 Å². The van der Waals surface area contributed by atoms with Crippen molar-refractivity contribution in [3.05, 3.63) is 70.5 Å². The Hall–Kier alpha value is -3.67. The monoisotopic (exact) mass is 544 g/mol. The molecule has 1 aromatic carbocycles. The smallest absolute Gasteiger partial charge is 0.423 e. The molecule has 0 spiro atoms. The van der Waals surface area contributed by atoms with Crippen molar-refractivity contribution in [3.8, 4) is 0 Å². The van der Waals surface area contributed by atoms with Crippen LogP contribution in [0.5, 0.6) is 0 Å². The van der Waals surface area contributed by atoms with E-state index >= 15 is 0 Å². The molecule has 1 atom stereocenters. The Morgan fingerprint density at radius 3 is 2.85 bits per heavy atom. The predicted molar refractivity (Wildman–Crippen MR) is 154 cm³/mol. The molecule has 10 nitrogen and oxygen atoms in total. The number of H-pyrrole nitrogens is 1. The second kappa shape index (κ2) is 10.1. The maximum atomic E-state index is 9.47. The largest absolute Gasteiger partial charge is 0.490 e. The van der Waals surface area contributed by atoms with Crippen LogP contribution < -0.4 is 15.7 Å². The third-order valence-corrected chi connectivity index (χ3v) is 7.65. The number of halogens is 1. The van der Waals surface area contributed by atoms with Gasteiger partial charge in [-0.25, -0.2) is 0 Å². The minimum atomic E-state index is -1.54. The summed E-state index contributed by atoms with van der Waals surface area (Å²) in [5.41, 5.74) is 7.82. The second-order valence-corrected chi connectivity index (χ2v) is 10.9. The summed E-state index contributed by atoms with van der Waals surface area (Å²) in [6, 6.07) is 8.44. The molecule has 4 N–H and O–H groups in total. The molecule has 1 aliphatic carbocycles. The summed E-state index contributed by atoms with van der Waals surface area (Å²) in [4.78, 5) is 18.7. The van der Waals surface area contributed by atoms with E-state index in [1.807, 2.05) is 18.1 Å². The molecule has 4 heterocycles. The molecule has 0 radical (unpaired) electrons. The van der Waals surface area contributed by atoms with E-state index in [4.69, 9.17) is 11.6 Å². The van der Waals surface area contributed by atoms with Gasteiger partial charge in [0.15, 0.2) is 5.65 Å². The molecule has 0 aliphatic heterocycles. The van der Waals surface area contributed by atoms with E-state index in [-0.39, 0.29) is 17.2 Å². The maximum absolute atomic E-state index is 9.47. The number of hydrogen-bond acceptors (Lipinski definition) is 8. The van der Waals surface area contributed by atoms with Crippen molar-refractivity contribution in [3.63, 3.8) is 0 Å². The van der Waals surface area contributed by atoms with Gasteiger partial charge in [0.1, 0.15) is 0 Å². The quantitative estimate of drug-likeness (QED) is 0.230. The van der Waals surface area contributed by atoms with E-state index in [1.165, 1.54) is 22.8 Å². The van der Waals surface area contributed by atoms with Gasteiger partial charge in [0, 0.05) is 53.5 Å². The fourth-order valence-electron chi connectivity index (χ4n) is 5.41. The molecule has 0 fully saturated rings. The summed E-state index contributed by atoms with van der Waals surface area (Å²) in [6.07, 6.45) is 7.76. The lowest BCUT2D eigenvalue weighted by Gasteiger charge is -2.24. The highest BCUT2D eigenvalue weighted by Crippen LogP contribution is 2.32. The zero-order chi connectivity index (χ0) is 27.3. The molecule has 200 valence electrons. The highest BCUT2D eigenvalue weighted by Gasteiger charge is 2.25. The van der Waals surface area contributed by atoms with Crippen LogP contribution in [0.25, 0.3) is 16.6 Å². The van der Waals surface area contributed by atoms with Crippen molar-refractivity contribution in [1.29, 1.82) is 0 Å². The topological polar surface area (TPSA) is 127 Å². The first-order chi connectivity index (χ1) is 18.8. The number of hydrogen-bond donors (Lipinski definition) is 4. The summed E-state index contributed by atoms with van der Waals surface area (Å²) in [6.45, 7) is 4.88. The molecule has 5 aromatic rings. The zero-order valence-corrected chi connectivity index (χ0v) is 22.8. The van der Waals surface area contributed by atoms with Gasteiger partial charge in [0.2, 0.25) is 11.2 Å². The number of nitrogens with one attached hydrogen (secondary N) is 2. The molecule has 0 amide bonds. The van der Waals surface area contributed by atoms with Crippen molar-refractivity contribution in [1.82, 2.24) is 29.5 Å². The maximum Gasteiger partial charge on any atom is 0.490 e. The van der Waals surface area contributed by atoms with E-state index in [0.717, 1.165) is 47.2 Å². The number of anilines is 2. The van der Waals surface area contributed by atoms with E-state index in [2.05, 4.69) is 62.4 Å². The lowest BCUT2D eigenvalue weighted by atomic mass is 9.81. The molecule has 0 unspecified atom stereocenters. The summed E-state index contributed by atoms with van der Waals surface area (Å²) in [7, 11) is 0.422. The third kappa shape index (κ3) is 4.93. The summed E-state index contributed by atoms with van der Waals surface area (Å²) < 4.78 is 1.75. The van der Waals surface area contributed by atoms with Gasteiger partial charge < -0.3 is 25.2 Å². The summed E-state index contributed by atoms with van der Waals surface area (Å²) >= 11 is 6.29. The number of aryl methyl sites for hydroxylation is 1. The van der Waals surface area contributed by atoms with Gasteiger partial charge in [0.05, 0.1) is 18.1 Å². The molecule has 12 heteroatoms. The van der Waals surface area contributed by atoms with E-state index in [9.17, 15) is 10.0 Å². The first kappa shape index (κ1) is 25.6. The Morgan fingerprint density at radius 2 is 2.05 bits per heavy atom. The van der Waals surface area contributed by atoms with Gasteiger partial charge in [-0.3, -0.25) is 4.98 Å². The highest BCUT2D eigenvalue weighted by atomic mass is 35.5. The van der Waals surface area contributed by atoms with Gasteiger partial charge in [-0.15, -0.1) is 0 Å². The van der Waals surface area contributed by atoms with Crippen molar-refractivity contribution < 1.29 is 10.0 Å². The minimum absolute atomic E-state index is 0.185. The number of fused-ring (bicyclic) bond motifs is 4. The first-order valence-corrected chi connectivity index (χ1v) is 13.5. The Morgan fingerprint density at radius 1 is 1.21 bits per heavy atom. The van der Waals surface area contributed by atoms with Gasteiger partial charge in [-0.2, -0.15) is 19.6 Å². The zero-order valence-electron chi connectivity index (χ0n) is 22.1. The van der Waals surface area contributed by atoms with Crippen LogP contribution in [0.3, 0.4) is 0 Å². The van der Waals surface area contributed by atoms with Crippen LogP contribution in [0.4, 0.5) is 11.6 Å². The SMILES string of the molecule is CC(C)c1cnn2c(N[C@@H]3CCc4[nH]c5cc(CN(C)c6cncc(B(O)O)c6)ccc5c4C3)nc(Cl)nc12. The highest BCUT2D eigenvalue weighted by molar-refractivity contribution is 6.58. The first-order valence-electron chi connectivity index (χ1n) is 13.1. The summed E-state index contributed by atoms with van der Waals surface area (Å²) in [5.74, 6) is 0.896. The third-order valence-electron chi connectivity index (χ3n) is 7.48. The number of pyridine rings is 1. The Labute approximate surface area is 231 Å². The normalized spacial score (nSPS) is 15.2. The molecule has 4 aromatic heterocycles. The van der Waals surface area contributed by atoms with Crippen LogP contribution in [0.2, 0.25) is 5.28 Å². The lowest BCUT2D eigenvalue weighted by Crippen LogP contribution is -2.31. The van der Waals surface area contributed by atoms with Crippen LogP contribution in [0, 0.1) is 0 Å². The summed E-state index contributed by atoms with van der Waals surface area (Å²) in [5, 5.41) is 28.5. The standard InChI is InChI=1S/C27H30BClN8O2/c1-15(2)22-13-31-37-25(22)34-26(29)35-27(37)32-18-5-7-23-21(10-18)20-6-4-16(8-24(20)33-23)14-36(3)19-9-17(28(38)39)11-30-12-19/h4,6,8-9,11-13,15,18,33,38-39H,5,7,10,14H2,1-3H3,(H,32,34,35)/t18-/m1/s1. The molecular formula is C27H30BClN8O2. The molecule has 39 heavy (non-hydrogen) atoms. The number of rotatable bonds is 7. The minimum Gasteiger partial charge on any atom is -0.423 e. The van der Waals surface area contributed by atoms with E-state index < -0.39 is 7.12 Å². The number of aromatic amines is 1. The van der Waals surface area contributed by atoms with Gasteiger partial charge >= 0.3 is 7.12 Å². The Balaban J connectivity index is 1.22. The molecule has 0 saturated carbocycles. The van der Waals surface area contributed by atoms with Crippen molar-refractivity contribution in [2.45, 2.75) is 51.6 Å². The molecule has 0 bridgehead atoms. The molecule has 0 saturated heterocycles.